The Hall–Kier alpha value is -1.43. The Bertz CT molecular complexity index is 315. The fraction of sp³-hybridized carbons (Fsp3) is 0.500. The molecule has 1 heterocycles. The van der Waals surface area contributed by atoms with E-state index in [1.54, 1.807) is 11.9 Å². The van der Waals surface area contributed by atoms with E-state index in [1.807, 2.05) is 13.8 Å². The van der Waals surface area contributed by atoms with Crippen LogP contribution in [0.3, 0.4) is 0 Å². The highest BCUT2D eigenvalue weighted by atomic mass is 19.1. The molecule has 0 aliphatic carbocycles. The fourth-order valence-electron chi connectivity index (χ4n) is 0.920. The highest BCUT2D eigenvalue weighted by molar-refractivity contribution is 5.43. The van der Waals surface area contributed by atoms with Gasteiger partial charge >= 0.3 is 0 Å². The number of halogens is 1. The second-order valence-corrected chi connectivity index (χ2v) is 3.21. The molecule has 0 bridgehead atoms. The molecule has 0 spiro atoms. The number of rotatable bonds is 3. The van der Waals surface area contributed by atoms with E-state index < -0.39 is 5.82 Å². The molecule has 6 heteroatoms. The third kappa shape index (κ3) is 2.08. The molecular weight excluding hydrogens is 185 g/mol. The van der Waals surface area contributed by atoms with Crippen LogP contribution in [0, 0.1) is 5.82 Å². The minimum Gasteiger partial charge on any atom is -0.355 e. The van der Waals surface area contributed by atoms with E-state index in [9.17, 15) is 4.39 Å². The Labute approximate surface area is 82.1 Å². The van der Waals surface area contributed by atoms with Gasteiger partial charge in [0, 0.05) is 13.1 Å². The predicted octanol–water partition coefficient (Wildman–Crippen LogP) is 0.746. The summed E-state index contributed by atoms with van der Waals surface area (Å²) in [5.74, 6) is 5.11. The van der Waals surface area contributed by atoms with Gasteiger partial charge in [0.05, 0.1) is 6.20 Å². The maximum absolute atomic E-state index is 13.3. The third-order valence-corrected chi connectivity index (χ3v) is 1.96. The van der Waals surface area contributed by atoms with Gasteiger partial charge in [-0.2, -0.15) is 4.98 Å². The van der Waals surface area contributed by atoms with Gasteiger partial charge < -0.3 is 4.90 Å². The molecule has 0 fully saturated rings. The molecule has 0 aromatic carbocycles. The maximum Gasteiger partial charge on any atom is 0.239 e. The van der Waals surface area contributed by atoms with Crippen LogP contribution in [0.4, 0.5) is 16.2 Å². The molecule has 14 heavy (non-hydrogen) atoms. The van der Waals surface area contributed by atoms with Crippen molar-refractivity contribution >= 4 is 11.8 Å². The number of nitrogen functional groups attached to an aromatic ring is 1. The van der Waals surface area contributed by atoms with Crippen LogP contribution >= 0.6 is 0 Å². The lowest BCUT2D eigenvalue weighted by Gasteiger charge is -2.22. The van der Waals surface area contributed by atoms with Crippen LogP contribution < -0.4 is 16.2 Å². The third-order valence-electron chi connectivity index (χ3n) is 1.96. The SMILES string of the molecule is CC(C)N(C)c1nc(NN)ncc1F. The molecule has 1 aromatic heterocycles. The summed E-state index contributed by atoms with van der Waals surface area (Å²) >= 11 is 0. The predicted molar refractivity (Wildman–Crippen MR) is 53.3 cm³/mol. The molecule has 0 amide bonds. The number of hydrazine groups is 1. The van der Waals surface area contributed by atoms with Gasteiger partial charge in [0.15, 0.2) is 11.6 Å². The number of hydrogen-bond donors (Lipinski definition) is 2. The minimum atomic E-state index is -0.458. The molecule has 1 aromatic rings. The van der Waals surface area contributed by atoms with Gasteiger partial charge in [-0.15, -0.1) is 0 Å². The van der Waals surface area contributed by atoms with E-state index in [0.717, 1.165) is 6.20 Å². The van der Waals surface area contributed by atoms with Gasteiger partial charge in [-0.05, 0) is 13.8 Å². The first-order chi connectivity index (χ1) is 6.56. The number of anilines is 2. The maximum atomic E-state index is 13.3. The van der Waals surface area contributed by atoms with Crippen LogP contribution in [0.15, 0.2) is 6.20 Å². The summed E-state index contributed by atoms with van der Waals surface area (Å²) in [5.41, 5.74) is 2.27. The van der Waals surface area contributed by atoms with Crippen molar-refractivity contribution in [2.45, 2.75) is 19.9 Å². The van der Waals surface area contributed by atoms with Crippen LogP contribution in [-0.4, -0.2) is 23.1 Å². The van der Waals surface area contributed by atoms with Crippen LogP contribution in [-0.2, 0) is 0 Å². The van der Waals surface area contributed by atoms with Crippen LogP contribution in [0.1, 0.15) is 13.8 Å². The Morgan fingerprint density at radius 3 is 2.71 bits per heavy atom. The molecule has 0 unspecified atom stereocenters. The Morgan fingerprint density at radius 2 is 2.21 bits per heavy atom. The molecule has 3 N–H and O–H groups in total. The summed E-state index contributed by atoms with van der Waals surface area (Å²) < 4.78 is 13.3. The van der Waals surface area contributed by atoms with E-state index >= 15 is 0 Å². The number of nitrogens with zero attached hydrogens (tertiary/aromatic N) is 3. The first-order valence-electron chi connectivity index (χ1n) is 4.28. The highest BCUT2D eigenvalue weighted by Crippen LogP contribution is 2.17. The van der Waals surface area contributed by atoms with Crippen molar-refractivity contribution in [1.82, 2.24) is 9.97 Å². The van der Waals surface area contributed by atoms with Crippen molar-refractivity contribution in [3.63, 3.8) is 0 Å². The summed E-state index contributed by atoms with van der Waals surface area (Å²) in [6, 6.07) is 0.157. The average molecular weight is 199 g/mol. The molecule has 0 atom stereocenters. The molecule has 5 nitrogen and oxygen atoms in total. The number of nitrogens with two attached hydrogens (primary N) is 1. The molecule has 1 rings (SSSR count). The summed E-state index contributed by atoms with van der Waals surface area (Å²) in [6.07, 6.45) is 1.09. The van der Waals surface area contributed by atoms with Crippen LogP contribution in [0.2, 0.25) is 0 Å². The van der Waals surface area contributed by atoms with Crippen molar-refractivity contribution in [1.29, 1.82) is 0 Å². The van der Waals surface area contributed by atoms with E-state index in [2.05, 4.69) is 15.4 Å². The van der Waals surface area contributed by atoms with Gasteiger partial charge in [0.2, 0.25) is 5.95 Å². The van der Waals surface area contributed by atoms with Crippen LogP contribution in [0.5, 0.6) is 0 Å². The Kier molecular flexibility index (Phi) is 3.19. The standard InChI is InChI=1S/C8H14FN5/c1-5(2)14(3)7-6(9)4-11-8(12-7)13-10/h4-5H,10H2,1-3H3,(H,11,12,13). The zero-order valence-corrected chi connectivity index (χ0v) is 8.45. The molecule has 78 valence electrons. The lowest BCUT2D eigenvalue weighted by molar-refractivity contribution is 0.598. The fourth-order valence-corrected chi connectivity index (χ4v) is 0.920. The molecule has 0 saturated carbocycles. The zero-order valence-electron chi connectivity index (χ0n) is 8.45. The monoisotopic (exact) mass is 199 g/mol. The Balaban J connectivity index is 3.05. The van der Waals surface area contributed by atoms with Crippen molar-refractivity contribution in [3.05, 3.63) is 12.0 Å². The molecule has 0 aliphatic rings. The quantitative estimate of drug-likeness (QED) is 0.555. The second-order valence-electron chi connectivity index (χ2n) is 3.21. The molecule has 0 saturated heterocycles. The number of aromatic nitrogens is 2. The largest absolute Gasteiger partial charge is 0.355 e. The lowest BCUT2D eigenvalue weighted by Crippen LogP contribution is -2.28. The van der Waals surface area contributed by atoms with Gasteiger partial charge in [0.1, 0.15) is 0 Å². The molecule has 0 aliphatic heterocycles. The smallest absolute Gasteiger partial charge is 0.239 e. The number of hydrogen-bond acceptors (Lipinski definition) is 5. The summed E-state index contributed by atoms with van der Waals surface area (Å²) in [5, 5.41) is 0. The normalized spacial score (nSPS) is 10.4. The van der Waals surface area contributed by atoms with Crippen LogP contribution in [0.25, 0.3) is 0 Å². The number of nitrogens with one attached hydrogen (secondary N) is 1. The summed E-state index contributed by atoms with van der Waals surface area (Å²) in [7, 11) is 1.76. The van der Waals surface area contributed by atoms with Gasteiger partial charge in [0.25, 0.3) is 0 Å². The van der Waals surface area contributed by atoms with Crippen molar-refractivity contribution < 1.29 is 4.39 Å². The lowest BCUT2D eigenvalue weighted by atomic mass is 10.3. The van der Waals surface area contributed by atoms with Crippen molar-refractivity contribution in [2.24, 2.45) is 5.84 Å². The second kappa shape index (κ2) is 4.19. The van der Waals surface area contributed by atoms with Gasteiger partial charge in [-0.3, -0.25) is 5.43 Å². The van der Waals surface area contributed by atoms with Crippen molar-refractivity contribution in [3.8, 4) is 0 Å². The summed E-state index contributed by atoms with van der Waals surface area (Å²) in [6.45, 7) is 3.88. The van der Waals surface area contributed by atoms with Gasteiger partial charge in [-0.1, -0.05) is 0 Å². The topological polar surface area (TPSA) is 67.1 Å². The van der Waals surface area contributed by atoms with E-state index in [-0.39, 0.29) is 17.8 Å². The molecular formula is C8H14FN5. The molecule has 0 radical (unpaired) electrons. The average Bonchev–Trinajstić information content (AvgIpc) is 2.17. The Morgan fingerprint density at radius 1 is 1.57 bits per heavy atom. The minimum absolute atomic E-state index is 0.157. The van der Waals surface area contributed by atoms with E-state index in [4.69, 9.17) is 5.84 Å². The van der Waals surface area contributed by atoms with E-state index in [1.165, 1.54) is 0 Å². The first kappa shape index (κ1) is 10.6. The zero-order chi connectivity index (χ0) is 10.7. The first-order valence-corrected chi connectivity index (χ1v) is 4.28. The van der Waals surface area contributed by atoms with Crippen molar-refractivity contribution in [2.75, 3.05) is 17.4 Å². The highest BCUT2D eigenvalue weighted by Gasteiger charge is 2.13. The van der Waals surface area contributed by atoms with Gasteiger partial charge in [-0.25, -0.2) is 15.2 Å². The van der Waals surface area contributed by atoms with E-state index in [0.29, 0.717) is 0 Å². The summed E-state index contributed by atoms with van der Waals surface area (Å²) in [4.78, 5) is 9.27.